The number of likely N-dealkylation sites (tertiary alicyclic amines) is 1. The summed E-state index contributed by atoms with van der Waals surface area (Å²) in [7, 11) is 0. The van der Waals surface area contributed by atoms with E-state index in [1.54, 1.807) is 42.6 Å². The van der Waals surface area contributed by atoms with Crippen LogP contribution in [-0.4, -0.2) is 47.2 Å². The molecule has 1 aliphatic rings. The van der Waals surface area contributed by atoms with Crippen LogP contribution in [0.1, 0.15) is 23.2 Å². The van der Waals surface area contributed by atoms with E-state index in [0.717, 1.165) is 0 Å². The number of hydrogen-bond donors (Lipinski definition) is 3. The molecule has 0 radical (unpaired) electrons. The van der Waals surface area contributed by atoms with Crippen LogP contribution in [0, 0.1) is 11.7 Å². The minimum atomic E-state index is -0.410. The molecule has 0 saturated carbocycles. The average molecular weight is 476 g/mol. The highest BCUT2D eigenvalue weighted by Gasteiger charge is 2.26. The summed E-state index contributed by atoms with van der Waals surface area (Å²) < 4.78 is 13.1. The molecule has 2 aromatic carbocycles. The van der Waals surface area contributed by atoms with E-state index in [0.29, 0.717) is 48.7 Å². The Morgan fingerprint density at radius 3 is 2.31 bits per heavy atom. The molecule has 0 aliphatic carbocycles. The number of nitrogens with zero attached hydrogens (tertiary/aromatic N) is 2. The Hall–Kier alpha value is -4.11. The van der Waals surface area contributed by atoms with E-state index in [-0.39, 0.29) is 24.3 Å². The van der Waals surface area contributed by atoms with Crippen molar-refractivity contribution >= 4 is 34.9 Å². The topological polar surface area (TPSA) is 103 Å². The van der Waals surface area contributed by atoms with Crippen LogP contribution >= 0.6 is 0 Å². The molecule has 35 heavy (non-hydrogen) atoms. The highest BCUT2D eigenvalue weighted by atomic mass is 19.1. The minimum absolute atomic E-state index is 0.0612. The number of halogens is 1. The lowest BCUT2D eigenvalue weighted by Crippen LogP contribution is -2.42. The van der Waals surface area contributed by atoms with E-state index >= 15 is 0 Å². The monoisotopic (exact) mass is 475 g/mol. The molecule has 9 heteroatoms. The SMILES string of the molecule is O=C(CN1CCC(C(=O)Nc2ccccn2)CC1)Nc1ccccc1C(=O)Nc1ccc(F)cc1. The summed E-state index contributed by atoms with van der Waals surface area (Å²) in [5.74, 6) is -0.716. The van der Waals surface area contributed by atoms with Crippen LogP contribution in [0.2, 0.25) is 0 Å². The molecule has 3 amide bonds. The van der Waals surface area contributed by atoms with Crippen LogP contribution in [-0.2, 0) is 9.59 Å². The van der Waals surface area contributed by atoms with Gasteiger partial charge in [0.25, 0.3) is 5.91 Å². The maximum atomic E-state index is 13.1. The average Bonchev–Trinajstić information content (AvgIpc) is 2.86. The Balaban J connectivity index is 1.28. The van der Waals surface area contributed by atoms with E-state index in [2.05, 4.69) is 20.9 Å². The number of nitrogens with one attached hydrogen (secondary N) is 3. The number of rotatable bonds is 7. The molecule has 4 rings (SSSR count). The number of amides is 3. The van der Waals surface area contributed by atoms with Crippen LogP contribution in [0.4, 0.5) is 21.6 Å². The van der Waals surface area contributed by atoms with E-state index in [1.807, 2.05) is 11.0 Å². The number of piperidine rings is 1. The van der Waals surface area contributed by atoms with Crippen molar-refractivity contribution in [1.29, 1.82) is 0 Å². The van der Waals surface area contributed by atoms with Gasteiger partial charge in [-0.2, -0.15) is 0 Å². The van der Waals surface area contributed by atoms with Crippen molar-refractivity contribution in [1.82, 2.24) is 9.88 Å². The molecule has 8 nitrogen and oxygen atoms in total. The maximum absolute atomic E-state index is 13.1. The van der Waals surface area contributed by atoms with Gasteiger partial charge in [-0.1, -0.05) is 18.2 Å². The van der Waals surface area contributed by atoms with Gasteiger partial charge in [0.05, 0.1) is 17.8 Å². The van der Waals surface area contributed by atoms with Crippen molar-refractivity contribution < 1.29 is 18.8 Å². The molecular weight excluding hydrogens is 449 g/mol. The number of pyridine rings is 1. The smallest absolute Gasteiger partial charge is 0.257 e. The van der Waals surface area contributed by atoms with Crippen molar-refractivity contribution in [3.63, 3.8) is 0 Å². The molecule has 1 fully saturated rings. The maximum Gasteiger partial charge on any atom is 0.257 e. The summed E-state index contributed by atoms with van der Waals surface area (Å²) in [6.45, 7) is 1.38. The quantitative estimate of drug-likeness (QED) is 0.483. The first-order chi connectivity index (χ1) is 17.0. The normalized spacial score (nSPS) is 14.2. The van der Waals surface area contributed by atoms with Crippen molar-refractivity contribution in [3.05, 3.63) is 84.3 Å². The second-order valence-corrected chi connectivity index (χ2v) is 8.31. The summed E-state index contributed by atoms with van der Waals surface area (Å²) in [5, 5.41) is 8.35. The highest BCUT2D eigenvalue weighted by Crippen LogP contribution is 2.20. The summed E-state index contributed by atoms with van der Waals surface area (Å²) >= 11 is 0. The second kappa shape index (κ2) is 11.3. The third kappa shape index (κ3) is 6.70. The molecule has 3 aromatic rings. The highest BCUT2D eigenvalue weighted by molar-refractivity contribution is 6.10. The van der Waals surface area contributed by atoms with Crippen LogP contribution < -0.4 is 16.0 Å². The van der Waals surface area contributed by atoms with Gasteiger partial charge in [-0.3, -0.25) is 19.3 Å². The Labute approximate surface area is 202 Å². The first-order valence-corrected chi connectivity index (χ1v) is 11.4. The van der Waals surface area contributed by atoms with Crippen molar-refractivity contribution in [3.8, 4) is 0 Å². The molecule has 1 aromatic heterocycles. The Bertz CT molecular complexity index is 1180. The minimum Gasteiger partial charge on any atom is -0.324 e. The molecule has 0 unspecified atom stereocenters. The van der Waals surface area contributed by atoms with Gasteiger partial charge in [0, 0.05) is 17.8 Å². The predicted octanol–water partition coefficient (Wildman–Crippen LogP) is 3.76. The van der Waals surface area contributed by atoms with Crippen molar-refractivity contribution in [2.24, 2.45) is 5.92 Å². The second-order valence-electron chi connectivity index (χ2n) is 8.31. The fourth-order valence-electron chi connectivity index (χ4n) is 3.93. The zero-order valence-electron chi connectivity index (χ0n) is 19.0. The number of anilines is 3. The standard InChI is InChI=1S/C26H26FN5O3/c27-19-8-10-20(11-9-19)29-26(35)21-5-1-2-6-22(21)30-24(33)17-32-15-12-18(13-16-32)25(34)31-23-7-3-4-14-28-23/h1-11,14,18H,12-13,15-17H2,(H,29,35)(H,30,33)(H,28,31,34). The van der Waals surface area contributed by atoms with Gasteiger partial charge in [-0.05, 0) is 74.5 Å². The Kier molecular flexibility index (Phi) is 7.79. The van der Waals surface area contributed by atoms with E-state index in [4.69, 9.17) is 0 Å². The van der Waals surface area contributed by atoms with Gasteiger partial charge in [0.15, 0.2) is 0 Å². The summed E-state index contributed by atoms with van der Waals surface area (Å²) in [6, 6.07) is 17.5. The number of para-hydroxylation sites is 1. The molecule has 0 atom stereocenters. The largest absolute Gasteiger partial charge is 0.324 e. The van der Waals surface area contributed by atoms with Gasteiger partial charge < -0.3 is 16.0 Å². The third-order valence-electron chi connectivity index (χ3n) is 5.79. The summed E-state index contributed by atoms with van der Waals surface area (Å²) in [6.07, 6.45) is 2.91. The predicted molar refractivity (Wildman–Crippen MR) is 131 cm³/mol. The van der Waals surface area contributed by atoms with Gasteiger partial charge in [-0.15, -0.1) is 0 Å². The lowest BCUT2D eigenvalue weighted by Gasteiger charge is -2.30. The summed E-state index contributed by atoms with van der Waals surface area (Å²) in [5.41, 5.74) is 1.14. The number of hydrogen-bond acceptors (Lipinski definition) is 5. The third-order valence-corrected chi connectivity index (χ3v) is 5.79. The van der Waals surface area contributed by atoms with E-state index < -0.39 is 11.7 Å². The molecular formula is C26H26FN5O3. The van der Waals surface area contributed by atoms with Gasteiger partial charge in [-0.25, -0.2) is 9.37 Å². The van der Waals surface area contributed by atoms with Gasteiger partial charge in [0.2, 0.25) is 11.8 Å². The Morgan fingerprint density at radius 1 is 0.886 bits per heavy atom. The molecule has 0 bridgehead atoms. The number of carbonyl (C=O) groups is 3. The number of carbonyl (C=O) groups excluding carboxylic acids is 3. The van der Waals surface area contributed by atoms with E-state index in [9.17, 15) is 18.8 Å². The number of benzene rings is 2. The van der Waals surface area contributed by atoms with Crippen LogP contribution in [0.15, 0.2) is 72.9 Å². The summed E-state index contributed by atoms with van der Waals surface area (Å²) in [4.78, 5) is 44.0. The van der Waals surface area contributed by atoms with E-state index in [1.165, 1.54) is 24.3 Å². The lowest BCUT2D eigenvalue weighted by molar-refractivity contribution is -0.121. The zero-order chi connectivity index (χ0) is 24.6. The molecule has 1 saturated heterocycles. The first-order valence-electron chi connectivity index (χ1n) is 11.4. The van der Waals surface area contributed by atoms with Gasteiger partial charge >= 0.3 is 0 Å². The molecule has 180 valence electrons. The molecule has 3 N–H and O–H groups in total. The van der Waals surface area contributed by atoms with Crippen LogP contribution in [0.3, 0.4) is 0 Å². The van der Waals surface area contributed by atoms with Gasteiger partial charge in [0.1, 0.15) is 11.6 Å². The molecule has 0 spiro atoms. The van der Waals surface area contributed by atoms with Crippen molar-refractivity contribution in [2.75, 3.05) is 35.6 Å². The first kappa shape index (κ1) is 24.0. The zero-order valence-corrected chi connectivity index (χ0v) is 19.0. The fraction of sp³-hybridized carbons (Fsp3) is 0.231. The number of aromatic nitrogens is 1. The Morgan fingerprint density at radius 2 is 1.60 bits per heavy atom. The van der Waals surface area contributed by atoms with Crippen LogP contribution in [0.5, 0.6) is 0 Å². The molecule has 1 aliphatic heterocycles. The molecule has 2 heterocycles. The van der Waals surface area contributed by atoms with Crippen molar-refractivity contribution in [2.45, 2.75) is 12.8 Å². The fourth-order valence-corrected chi connectivity index (χ4v) is 3.93. The lowest BCUT2D eigenvalue weighted by atomic mass is 9.96. The van der Waals surface area contributed by atoms with Crippen LogP contribution in [0.25, 0.3) is 0 Å².